The summed E-state index contributed by atoms with van der Waals surface area (Å²) in [5.74, 6) is -0.241. The van der Waals surface area contributed by atoms with E-state index < -0.39 is 4.92 Å². The minimum Gasteiger partial charge on any atom is -0.337 e. The van der Waals surface area contributed by atoms with E-state index in [1.807, 2.05) is 0 Å². The number of rotatable bonds is 4. The minimum absolute atomic E-state index is 0.0683. The molecule has 0 spiro atoms. The van der Waals surface area contributed by atoms with Crippen molar-refractivity contribution in [2.75, 3.05) is 7.05 Å². The molecular formula is C17H13ClN4O3. The zero-order valence-corrected chi connectivity index (χ0v) is 14.0. The summed E-state index contributed by atoms with van der Waals surface area (Å²) in [4.78, 5) is 32.8. The summed E-state index contributed by atoms with van der Waals surface area (Å²) < 4.78 is 0. The highest BCUT2D eigenvalue weighted by molar-refractivity contribution is 6.31. The van der Waals surface area contributed by atoms with Crippen LogP contribution in [0.15, 0.2) is 48.8 Å². The van der Waals surface area contributed by atoms with E-state index >= 15 is 0 Å². The zero-order chi connectivity index (χ0) is 18.0. The number of halogens is 1. The quantitative estimate of drug-likeness (QED) is 0.527. The fourth-order valence-electron chi connectivity index (χ4n) is 2.44. The summed E-state index contributed by atoms with van der Waals surface area (Å²) in [5.41, 5.74) is 2.21. The van der Waals surface area contributed by atoms with Crippen molar-refractivity contribution in [3.05, 3.63) is 75.1 Å². The number of nitrogens with zero attached hydrogens (tertiary/aromatic N) is 4. The monoisotopic (exact) mass is 356 g/mol. The molecule has 0 aliphatic rings. The molecule has 1 amide bonds. The van der Waals surface area contributed by atoms with E-state index in [1.54, 1.807) is 37.6 Å². The Morgan fingerprint density at radius 2 is 1.88 bits per heavy atom. The molecular weight excluding hydrogens is 344 g/mol. The van der Waals surface area contributed by atoms with Gasteiger partial charge in [0, 0.05) is 48.7 Å². The molecule has 0 saturated carbocycles. The summed E-state index contributed by atoms with van der Waals surface area (Å²) in [5, 5.41) is 11.3. The topological polar surface area (TPSA) is 89.2 Å². The molecule has 0 unspecified atom stereocenters. The van der Waals surface area contributed by atoms with Crippen LogP contribution in [0, 0.1) is 10.1 Å². The Morgan fingerprint density at radius 3 is 2.60 bits per heavy atom. The van der Waals surface area contributed by atoms with Crippen molar-refractivity contribution < 1.29 is 9.72 Å². The van der Waals surface area contributed by atoms with Gasteiger partial charge in [0.15, 0.2) is 0 Å². The molecule has 126 valence electrons. The first-order chi connectivity index (χ1) is 12.0. The van der Waals surface area contributed by atoms with Gasteiger partial charge in [-0.25, -0.2) is 0 Å². The highest BCUT2D eigenvalue weighted by atomic mass is 35.5. The van der Waals surface area contributed by atoms with Crippen LogP contribution in [0.3, 0.4) is 0 Å². The van der Waals surface area contributed by atoms with Gasteiger partial charge in [-0.2, -0.15) is 0 Å². The second-order valence-electron chi connectivity index (χ2n) is 5.45. The Kier molecular flexibility index (Phi) is 4.58. The molecule has 3 aromatic rings. The first-order valence-electron chi connectivity index (χ1n) is 7.35. The minimum atomic E-state index is -0.496. The van der Waals surface area contributed by atoms with Crippen molar-refractivity contribution in [1.29, 1.82) is 0 Å². The average Bonchev–Trinajstić information content (AvgIpc) is 2.62. The van der Waals surface area contributed by atoms with Crippen molar-refractivity contribution in [3.8, 4) is 0 Å². The molecule has 8 heteroatoms. The van der Waals surface area contributed by atoms with Gasteiger partial charge in [0.25, 0.3) is 11.6 Å². The smallest absolute Gasteiger partial charge is 0.269 e. The lowest BCUT2D eigenvalue weighted by molar-refractivity contribution is -0.384. The number of hydrogen-bond donors (Lipinski definition) is 0. The number of aromatic nitrogens is 2. The summed E-state index contributed by atoms with van der Waals surface area (Å²) in [7, 11) is 1.61. The molecule has 0 atom stereocenters. The number of amides is 1. The molecule has 0 fully saturated rings. The standard InChI is InChI=1S/C17H13ClN4O3/c1-21(10-12-8-13(22(24)25)3-4-14(12)18)17(23)11-2-5-15-16(9-11)20-7-6-19-15/h2-9H,10H2,1H3. The summed E-state index contributed by atoms with van der Waals surface area (Å²) in [6, 6.07) is 9.22. The number of non-ortho nitro benzene ring substituents is 1. The Hall–Kier alpha value is -3.06. The number of fused-ring (bicyclic) bond motifs is 1. The predicted octanol–water partition coefficient (Wildman–Crippen LogP) is 3.46. The van der Waals surface area contributed by atoms with Crippen LogP contribution in [-0.2, 0) is 6.54 Å². The number of nitro groups is 1. The van der Waals surface area contributed by atoms with Crippen LogP contribution < -0.4 is 0 Å². The third-order valence-electron chi connectivity index (χ3n) is 3.71. The normalized spacial score (nSPS) is 10.6. The third kappa shape index (κ3) is 3.56. The van der Waals surface area contributed by atoms with E-state index in [9.17, 15) is 14.9 Å². The Balaban J connectivity index is 1.84. The van der Waals surface area contributed by atoms with Crippen LogP contribution in [0.1, 0.15) is 15.9 Å². The molecule has 3 rings (SSSR count). The molecule has 7 nitrogen and oxygen atoms in total. The zero-order valence-electron chi connectivity index (χ0n) is 13.2. The molecule has 25 heavy (non-hydrogen) atoms. The van der Waals surface area contributed by atoms with Crippen molar-refractivity contribution in [1.82, 2.24) is 14.9 Å². The van der Waals surface area contributed by atoms with Gasteiger partial charge in [0.1, 0.15) is 0 Å². The predicted molar refractivity (Wildman–Crippen MR) is 93.4 cm³/mol. The summed E-state index contributed by atoms with van der Waals surface area (Å²) >= 11 is 6.09. The van der Waals surface area contributed by atoms with Gasteiger partial charge in [-0.15, -0.1) is 0 Å². The number of hydrogen-bond acceptors (Lipinski definition) is 5. The highest BCUT2D eigenvalue weighted by Crippen LogP contribution is 2.24. The van der Waals surface area contributed by atoms with Gasteiger partial charge in [0.05, 0.1) is 16.0 Å². The molecule has 1 aromatic heterocycles. The van der Waals surface area contributed by atoms with Crippen molar-refractivity contribution in [2.24, 2.45) is 0 Å². The summed E-state index contributed by atoms with van der Waals surface area (Å²) in [6.07, 6.45) is 3.14. The van der Waals surface area contributed by atoms with Crippen LogP contribution >= 0.6 is 11.6 Å². The van der Waals surface area contributed by atoms with Gasteiger partial charge >= 0.3 is 0 Å². The third-order valence-corrected chi connectivity index (χ3v) is 4.08. The Morgan fingerprint density at radius 1 is 1.16 bits per heavy atom. The fraction of sp³-hybridized carbons (Fsp3) is 0.118. The van der Waals surface area contributed by atoms with Crippen LogP contribution in [0.25, 0.3) is 11.0 Å². The molecule has 1 heterocycles. The van der Waals surface area contributed by atoms with Crippen LogP contribution in [0.4, 0.5) is 5.69 Å². The maximum absolute atomic E-state index is 12.6. The molecule has 0 saturated heterocycles. The van der Waals surface area contributed by atoms with Gasteiger partial charge in [0.2, 0.25) is 0 Å². The number of carbonyl (C=O) groups excluding carboxylic acids is 1. The molecule has 2 aromatic carbocycles. The first-order valence-corrected chi connectivity index (χ1v) is 7.72. The lowest BCUT2D eigenvalue weighted by atomic mass is 10.1. The average molecular weight is 357 g/mol. The van der Waals surface area contributed by atoms with Gasteiger partial charge in [-0.3, -0.25) is 24.9 Å². The van der Waals surface area contributed by atoms with E-state index in [-0.39, 0.29) is 18.1 Å². The molecule has 0 aliphatic carbocycles. The van der Waals surface area contributed by atoms with Crippen LogP contribution in [0.2, 0.25) is 5.02 Å². The van der Waals surface area contributed by atoms with Crippen molar-refractivity contribution in [2.45, 2.75) is 6.54 Å². The lowest BCUT2D eigenvalue weighted by Crippen LogP contribution is -2.26. The van der Waals surface area contributed by atoms with E-state index in [1.165, 1.54) is 23.1 Å². The van der Waals surface area contributed by atoms with Crippen molar-refractivity contribution in [3.63, 3.8) is 0 Å². The van der Waals surface area contributed by atoms with Gasteiger partial charge in [-0.05, 0) is 29.8 Å². The van der Waals surface area contributed by atoms with Crippen molar-refractivity contribution >= 4 is 34.2 Å². The number of nitro benzene ring substituents is 1. The first kappa shape index (κ1) is 16.8. The molecule has 0 N–H and O–H groups in total. The summed E-state index contributed by atoms with van der Waals surface area (Å²) in [6.45, 7) is 0.151. The molecule has 0 radical (unpaired) electrons. The fourth-order valence-corrected chi connectivity index (χ4v) is 2.62. The van der Waals surface area contributed by atoms with E-state index in [2.05, 4.69) is 9.97 Å². The van der Waals surface area contributed by atoms with Crippen LogP contribution in [0.5, 0.6) is 0 Å². The second-order valence-corrected chi connectivity index (χ2v) is 5.86. The number of benzene rings is 2. The SMILES string of the molecule is CN(Cc1cc([N+](=O)[O-])ccc1Cl)C(=O)c1ccc2nccnc2c1. The lowest BCUT2D eigenvalue weighted by Gasteiger charge is -2.18. The largest absolute Gasteiger partial charge is 0.337 e. The number of carbonyl (C=O) groups is 1. The van der Waals surface area contributed by atoms with Gasteiger partial charge in [-0.1, -0.05) is 11.6 Å². The van der Waals surface area contributed by atoms with Gasteiger partial charge < -0.3 is 4.90 Å². The maximum Gasteiger partial charge on any atom is 0.269 e. The van der Waals surface area contributed by atoms with E-state index in [0.29, 0.717) is 27.2 Å². The highest BCUT2D eigenvalue weighted by Gasteiger charge is 2.16. The molecule has 0 aliphatic heterocycles. The van der Waals surface area contributed by atoms with E-state index in [4.69, 9.17) is 11.6 Å². The Labute approximate surface area is 148 Å². The second kappa shape index (κ2) is 6.82. The maximum atomic E-state index is 12.6. The van der Waals surface area contributed by atoms with E-state index in [0.717, 1.165) is 0 Å². The Bertz CT molecular complexity index is 977. The molecule has 0 bridgehead atoms. The van der Waals surface area contributed by atoms with Crippen LogP contribution in [-0.4, -0.2) is 32.7 Å².